The van der Waals surface area contributed by atoms with Gasteiger partial charge < -0.3 is 20.1 Å². The number of ether oxygens (including phenoxy) is 1. The van der Waals surface area contributed by atoms with Gasteiger partial charge in [0, 0.05) is 18.8 Å². The van der Waals surface area contributed by atoms with Gasteiger partial charge in [0.1, 0.15) is 5.15 Å². The minimum Gasteiger partial charge on any atom is -0.478 e. The van der Waals surface area contributed by atoms with E-state index in [9.17, 15) is 9.90 Å². The van der Waals surface area contributed by atoms with Crippen molar-refractivity contribution in [2.75, 3.05) is 16.8 Å². The summed E-state index contributed by atoms with van der Waals surface area (Å²) in [5.74, 6) is -0.477. The lowest BCUT2D eigenvalue weighted by Crippen LogP contribution is -2.38. The summed E-state index contributed by atoms with van der Waals surface area (Å²) in [4.78, 5) is 13.8. The second-order valence-electron chi connectivity index (χ2n) is 7.38. The number of rotatable bonds is 7. The van der Waals surface area contributed by atoms with Gasteiger partial charge in [0.25, 0.3) is 0 Å². The van der Waals surface area contributed by atoms with Crippen LogP contribution in [0.15, 0.2) is 54.6 Å². The molecule has 0 radical (unpaired) electrons. The van der Waals surface area contributed by atoms with Crippen molar-refractivity contribution in [1.29, 1.82) is 0 Å². The van der Waals surface area contributed by atoms with E-state index in [2.05, 4.69) is 25.9 Å². The van der Waals surface area contributed by atoms with Gasteiger partial charge in [-0.1, -0.05) is 29.8 Å². The molecule has 1 unspecified atom stereocenters. The Balaban J connectivity index is 1.46. The van der Waals surface area contributed by atoms with Gasteiger partial charge in [-0.05, 0) is 59.3 Å². The molecule has 0 saturated carbocycles. The highest BCUT2D eigenvalue weighted by atomic mass is 35.5. The molecule has 3 N–H and O–H groups in total. The lowest BCUT2D eigenvalue weighted by molar-refractivity contribution is 0.0694. The number of fused-ring (bicyclic) bond motifs is 1. The number of aromatic carboxylic acids is 1. The Bertz CT molecular complexity index is 1290. The van der Waals surface area contributed by atoms with Crippen LogP contribution in [0, 0.1) is 0 Å². The molecule has 0 spiro atoms. The van der Waals surface area contributed by atoms with Gasteiger partial charge in [-0.2, -0.15) is 0 Å². The lowest BCUT2D eigenvalue weighted by atomic mass is 10.1. The Labute approximate surface area is 193 Å². The third kappa shape index (κ3) is 3.79. The van der Waals surface area contributed by atoms with E-state index in [1.54, 1.807) is 18.2 Å². The summed E-state index contributed by atoms with van der Waals surface area (Å²) < 4.78 is 7.68. The van der Waals surface area contributed by atoms with Crippen molar-refractivity contribution in [2.24, 2.45) is 0 Å². The van der Waals surface area contributed by atoms with Crippen LogP contribution in [0.2, 0.25) is 5.15 Å². The molecule has 0 amide bonds. The molecule has 0 saturated heterocycles. The number of aromatic nitrogens is 5. The van der Waals surface area contributed by atoms with Gasteiger partial charge >= 0.3 is 5.97 Å². The zero-order valence-corrected chi connectivity index (χ0v) is 18.3. The fraction of sp³-hybridized carbons (Fsp3) is 0.182. The van der Waals surface area contributed by atoms with Gasteiger partial charge in [-0.3, -0.25) is 4.57 Å². The summed E-state index contributed by atoms with van der Waals surface area (Å²) in [6, 6.07) is 16.6. The SMILES string of the molecule is CCOC1Nc2cccc(C(=O)O)c2N1Cc1ccc(-n2c(Cl)ccc2-c2nnn[nH]2)cc1. The number of nitrogens with zero attached hydrogens (tertiary/aromatic N) is 5. The standard InChI is InChI=1S/C22H20ClN7O3/c1-2-33-22-24-16-5-3-4-15(21(31)32)19(16)29(22)12-13-6-8-14(9-7-13)30-17(10-11-18(30)23)20-25-27-28-26-20/h3-11,22,24H,2,12H2,1H3,(H,31,32)(H,25,26,27,28). The molecule has 3 heterocycles. The summed E-state index contributed by atoms with van der Waals surface area (Å²) >= 11 is 6.42. The summed E-state index contributed by atoms with van der Waals surface area (Å²) in [7, 11) is 0. The first-order valence-corrected chi connectivity index (χ1v) is 10.7. The maximum Gasteiger partial charge on any atom is 0.337 e. The van der Waals surface area contributed by atoms with Crippen LogP contribution in [0.25, 0.3) is 17.2 Å². The first-order valence-electron chi connectivity index (χ1n) is 10.3. The number of nitrogens with one attached hydrogen (secondary N) is 2. The molecule has 0 bridgehead atoms. The number of carboxylic acids is 1. The van der Waals surface area contributed by atoms with Crippen molar-refractivity contribution in [3.63, 3.8) is 0 Å². The van der Waals surface area contributed by atoms with Crippen LogP contribution >= 0.6 is 11.6 Å². The average molecular weight is 466 g/mol. The van der Waals surface area contributed by atoms with Crippen LogP contribution in [0.3, 0.4) is 0 Å². The zero-order valence-electron chi connectivity index (χ0n) is 17.6. The molecule has 1 atom stereocenters. The predicted molar refractivity (Wildman–Crippen MR) is 123 cm³/mol. The van der Waals surface area contributed by atoms with Crippen molar-refractivity contribution >= 4 is 28.9 Å². The summed E-state index contributed by atoms with van der Waals surface area (Å²) in [5, 5.41) is 27.5. The van der Waals surface area contributed by atoms with Crippen molar-refractivity contribution in [3.05, 3.63) is 70.9 Å². The number of para-hydroxylation sites is 1. The fourth-order valence-corrected chi connectivity index (χ4v) is 4.25. The van der Waals surface area contributed by atoms with Crippen LogP contribution in [-0.2, 0) is 11.3 Å². The number of carboxylic acid groups (broad SMARTS) is 1. The molecule has 2 aromatic heterocycles. The second kappa shape index (κ2) is 8.57. The van der Waals surface area contributed by atoms with E-state index in [0.717, 1.165) is 22.6 Å². The highest BCUT2D eigenvalue weighted by Gasteiger charge is 2.33. The monoisotopic (exact) mass is 465 g/mol. The van der Waals surface area contributed by atoms with Crippen molar-refractivity contribution < 1.29 is 14.6 Å². The summed E-state index contributed by atoms with van der Waals surface area (Å²) in [6.07, 6.45) is -0.463. The van der Waals surface area contributed by atoms with Crippen LogP contribution in [0.4, 0.5) is 11.4 Å². The Kier molecular flexibility index (Phi) is 5.45. The van der Waals surface area contributed by atoms with E-state index in [4.69, 9.17) is 16.3 Å². The van der Waals surface area contributed by atoms with E-state index >= 15 is 0 Å². The molecule has 1 aliphatic rings. The number of carbonyl (C=O) groups is 1. The third-order valence-corrected chi connectivity index (χ3v) is 5.70. The zero-order chi connectivity index (χ0) is 22.9. The largest absolute Gasteiger partial charge is 0.478 e. The molecule has 33 heavy (non-hydrogen) atoms. The van der Waals surface area contributed by atoms with Gasteiger partial charge in [0.05, 0.1) is 22.6 Å². The maximum atomic E-state index is 11.8. The van der Waals surface area contributed by atoms with Gasteiger partial charge in [-0.25, -0.2) is 9.89 Å². The Morgan fingerprint density at radius 2 is 2.00 bits per heavy atom. The number of anilines is 2. The number of hydrogen-bond acceptors (Lipinski definition) is 7. The number of H-pyrrole nitrogens is 1. The molecule has 1 aliphatic heterocycles. The molecule has 10 nitrogen and oxygen atoms in total. The Morgan fingerprint density at radius 3 is 2.70 bits per heavy atom. The van der Waals surface area contributed by atoms with Crippen molar-refractivity contribution in [3.8, 4) is 17.2 Å². The van der Waals surface area contributed by atoms with Crippen LogP contribution in [0.1, 0.15) is 22.8 Å². The van der Waals surface area contributed by atoms with E-state index in [1.807, 2.05) is 52.8 Å². The van der Waals surface area contributed by atoms with E-state index in [0.29, 0.717) is 29.8 Å². The molecule has 11 heteroatoms. The topological polar surface area (TPSA) is 121 Å². The number of tetrazole rings is 1. The van der Waals surface area contributed by atoms with Crippen LogP contribution in [0.5, 0.6) is 0 Å². The van der Waals surface area contributed by atoms with Crippen LogP contribution < -0.4 is 10.2 Å². The number of aromatic amines is 1. The van der Waals surface area contributed by atoms with E-state index in [1.165, 1.54) is 0 Å². The molecular formula is C22H20ClN7O3. The molecule has 5 rings (SSSR count). The van der Waals surface area contributed by atoms with Crippen molar-refractivity contribution in [1.82, 2.24) is 25.2 Å². The smallest absolute Gasteiger partial charge is 0.337 e. The molecular weight excluding hydrogens is 446 g/mol. The summed E-state index contributed by atoms with van der Waals surface area (Å²) in [6.45, 7) is 2.83. The Morgan fingerprint density at radius 1 is 1.18 bits per heavy atom. The molecule has 2 aromatic carbocycles. The molecule has 168 valence electrons. The fourth-order valence-electron chi connectivity index (χ4n) is 4.00. The summed E-state index contributed by atoms with van der Waals surface area (Å²) in [5.41, 5.74) is 4.12. The van der Waals surface area contributed by atoms with Gasteiger partial charge in [0.2, 0.25) is 6.35 Å². The van der Waals surface area contributed by atoms with E-state index in [-0.39, 0.29) is 5.56 Å². The van der Waals surface area contributed by atoms with Gasteiger partial charge in [-0.15, -0.1) is 5.10 Å². The first kappa shape index (κ1) is 21.0. The first-order chi connectivity index (χ1) is 16.1. The maximum absolute atomic E-state index is 11.8. The second-order valence-corrected chi connectivity index (χ2v) is 7.77. The highest BCUT2D eigenvalue weighted by Crippen LogP contribution is 2.39. The normalized spacial score (nSPS) is 14.8. The van der Waals surface area contributed by atoms with Crippen LogP contribution in [-0.4, -0.2) is 49.2 Å². The molecule has 0 fully saturated rings. The molecule has 0 aliphatic carbocycles. The Hall–Kier alpha value is -3.89. The molecule has 4 aromatic rings. The predicted octanol–water partition coefficient (Wildman–Crippen LogP) is 3.76. The minimum absolute atomic E-state index is 0.225. The third-order valence-electron chi connectivity index (χ3n) is 5.41. The average Bonchev–Trinajstić information content (AvgIpc) is 3.54. The quantitative estimate of drug-likeness (QED) is 0.377. The van der Waals surface area contributed by atoms with E-state index < -0.39 is 12.3 Å². The number of benzene rings is 2. The van der Waals surface area contributed by atoms with Gasteiger partial charge in [0.15, 0.2) is 5.82 Å². The number of hydrogen-bond donors (Lipinski definition) is 3. The lowest BCUT2D eigenvalue weighted by Gasteiger charge is -2.27. The highest BCUT2D eigenvalue weighted by molar-refractivity contribution is 6.30. The van der Waals surface area contributed by atoms with Crippen molar-refractivity contribution in [2.45, 2.75) is 19.8 Å². The minimum atomic E-state index is -0.983. The number of halogens is 1.